The summed E-state index contributed by atoms with van der Waals surface area (Å²) in [7, 11) is 0. The molecule has 0 bridgehead atoms. The van der Waals surface area contributed by atoms with Crippen LogP contribution in [0.4, 0.5) is 0 Å². The molecule has 3 unspecified atom stereocenters. The number of rotatable bonds is 3. The van der Waals surface area contributed by atoms with E-state index in [1.165, 1.54) is 0 Å². The molecule has 1 fully saturated rings. The molecule has 0 radical (unpaired) electrons. The van der Waals surface area contributed by atoms with Gasteiger partial charge in [-0.1, -0.05) is 0 Å². The smallest absolute Gasteiger partial charge is 0.225 e. The molecule has 0 aromatic rings. The summed E-state index contributed by atoms with van der Waals surface area (Å²) in [6.07, 6.45) is 1.03. The summed E-state index contributed by atoms with van der Waals surface area (Å²) in [6.45, 7) is 4.92. The van der Waals surface area contributed by atoms with Crippen molar-refractivity contribution in [3.63, 3.8) is 0 Å². The predicted octanol–water partition coefficient (Wildman–Crippen LogP) is 1.15. The number of carbonyl (C=O) groups is 1. The van der Waals surface area contributed by atoms with Gasteiger partial charge in [0.25, 0.3) is 0 Å². The van der Waals surface area contributed by atoms with Crippen LogP contribution in [-0.2, 0) is 9.53 Å². The van der Waals surface area contributed by atoms with Gasteiger partial charge < -0.3 is 10.1 Å². The third kappa shape index (κ3) is 3.53. The Kier molecular flexibility index (Phi) is 4.00. The minimum absolute atomic E-state index is 0.0105. The summed E-state index contributed by atoms with van der Waals surface area (Å²) >= 11 is 5.71. The number of carbonyl (C=O) groups excluding carboxylic acids is 1. The van der Waals surface area contributed by atoms with Crippen molar-refractivity contribution in [1.29, 1.82) is 0 Å². The van der Waals surface area contributed by atoms with Gasteiger partial charge in [0, 0.05) is 11.9 Å². The largest absolute Gasteiger partial charge is 0.378 e. The molecule has 76 valence electrons. The van der Waals surface area contributed by atoms with Crippen LogP contribution in [0, 0.1) is 5.92 Å². The van der Waals surface area contributed by atoms with E-state index in [1.54, 1.807) is 0 Å². The number of halogens is 1. The molecule has 13 heavy (non-hydrogen) atoms. The zero-order valence-corrected chi connectivity index (χ0v) is 8.80. The predicted molar refractivity (Wildman–Crippen MR) is 51.8 cm³/mol. The molecule has 0 spiro atoms. The number of nitrogens with one attached hydrogen (secondary N) is 1. The molecule has 1 saturated heterocycles. The summed E-state index contributed by atoms with van der Waals surface area (Å²) < 4.78 is 5.30. The molecule has 3 atom stereocenters. The van der Waals surface area contributed by atoms with E-state index in [0.717, 1.165) is 6.42 Å². The lowest BCUT2D eigenvalue weighted by molar-refractivity contribution is -0.124. The number of hydrogen-bond acceptors (Lipinski definition) is 2. The van der Waals surface area contributed by atoms with Crippen LogP contribution < -0.4 is 5.32 Å². The SMILES string of the molecule is CC(Cl)CNC(=O)C1COC(C)C1. The molecule has 4 heteroatoms. The molecule has 0 aliphatic carbocycles. The second-order valence-corrected chi connectivity index (χ2v) is 4.35. The van der Waals surface area contributed by atoms with Gasteiger partial charge in [0.15, 0.2) is 0 Å². The Morgan fingerprint density at radius 2 is 2.46 bits per heavy atom. The van der Waals surface area contributed by atoms with E-state index in [9.17, 15) is 4.79 Å². The molecule has 1 heterocycles. The zero-order chi connectivity index (χ0) is 9.84. The Morgan fingerprint density at radius 3 is 2.92 bits per heavy atom. The van der Waals surface area contributed by atoms with E-state index < -0.39 is 0 Å². The molecular weight excluding hydrogens is 190 g/mol. The Balaban J connectivity index is 2.24. The first-order valence-corrected chi connectivity index (χ1v) is 5.06. The highest BCUT2D eigenvalue weighted by atomic mass is 35.5. The molecule has 0 aromatic heterocycles. The third-order valence-corrected chi connectivity index (χ3v) is 2.28. The third-order valence-electron chi connectivity index (χ3n) is 2.13. The van der Waals surface area contributed by atoms with Gasteiger partial charge in [-0.15, -0.1) is 11.6 Å². The van der Waals surface area contributed by atoms with Crippen molar-refractivity contribution in [3.8, 4) is 0 Å². The second kappa shape index (κ2) is 4.82. The molecule has 1 aliphatic heterocycles. The molecule has 1 N–H and O–H groups in total. The van der Waals surface area contributed by atoms with E-state index in [4.69, 9.17) is 16.3 Å². The van der Waals surface area contributed by atoms with Crippen LogP contribution in [0.2, 0.25) is 0 Å². The first-order valence-electron chi connectivity index (χ1n) is 4.63. The molecule has 1 rings (SSSR count). The van der Waals surface area contributed by atoms with Crippen molar-refractivity contribution in [1.82, 2.24) is 5.32 Å². The maximum absolute atomic E-state index is 11.4. The fraction of sp³-hybridized carbons (Fsp3) is 0.889. The quantitative estimate of drug-likeness (QED) is 0.703. The van der Waals surface area contributed by atoms with Gasteiger partial charge in [-0.2, -0.15) is 0 Å². The summed E-state index contributed by atoms with van der Waals surface area (Å²) in [6, 6.07) is 0. The Hall–Kier alpha value is -0.280. The average molecular weight is 206 g/mol. The number of amides is 1. The summed E-state index contributed by atoms with van der Waals surface area (Å²) in [5.41, 5.74) is 0. The second-order valence-electron chi connectivity index (χ2n) is 3.60. The monoisotopic (exact) mass is 205 g/mol. The van der Waals surface area contributed by atoms with E-state index >= 15 is 0 Å². The van der Waals surface area contributed by atoms with Gasteiger partial charge in [0.1, 0.15) is 0 Å². The molecule has 1 aliphatic rings. The van der Waals surface area contributed by atoms with Crippen LogP contribution in [0.5, 0.6) is 0 Å². The van der Waals surface area contributed by atoms with Crippen molar-refractivity contribution in [2.45, 2.75) is 31.7 Å². The van der Waals surface area contributed by atoms with E-state index in [1.807, 2.05) is 13.8 Å². The van der Waals surface area contributed by atoms with Crippen LogP contribution in [0.1, 0.15) is 20.3 Å². The summed E-state index contributed by atoms with van der Waals surface area (Å²) in [4.78, 5) is 11.4. The maximum atomic E-state index is 11.4. The van der Waals surface area contributed by atoms with E-state index in [0.29, 0.717) is 13.2 Å². The number of alkyl halides is 1. The van der Waals surface area contributed by atoms with E-state index in [-0.39, 0.29) is 23.3 Å². The van der Waals surface area contributed by atoms with Gasteiger partial charge in [-0.25, -0.2) is 0 Å². The minimum atomic E-state index is -0.0105. The van der Waals surface area contributed by atoms with Crippen LogP contribution in [0.25, 0.3) is 0 Å². The first-order chi connectivity index (χ1) is 6.09. The highest BCUT2D eigenvalue weighted by molar-refractivity contribution is 6.20. The first kappa shape index (κ1) is 10.8. The Bertz CT molecular complexity index is 184. The van der Waals surface area contributed by atoms with Gasteiger partial charge in [-0.05, 0) is 20.3 Å². The maximum Gasteiger partial charge on any atom is 0.225 e. The summed E-state index contributed by atoms with van der Waals surface area (Å²) in [5, 5.41) is 2.78. The van der Waals surface area contributed by atoms with Crippen molar-refractivity contribution in [2.24, 2.45) is 5.92 Å². The van der Waals surface area contributed by atoms with Crippen LogP contribution >= 0.6 is 11.6 Å². The highest BCUT2D eigenvalue weighted by Crippen LogP contribution is 2.18. The molecule has 0 saturated carbocycles. The Labute approximate surface area is 83.8 Å². The fourth-order valence-electron chi connectivity index (χ4n) is 1.39. The van der Waals surface area contributed by atoms with Crippen LogP contribution in [0.15, 0.2) is 0 Å². The van der Waals surface area contributed by atoms with Gasteiger partial charge in [0.05, 0.1) is 18.6 Å². The molecular formula is C9H16ClNO2. The lowest BCUT2D eigenvalue weighted by Gasteiger charge is -2.09. The van der Waals surface area contributed by atoms with Gasteiger partial charge in [0.2, 0.25) is 5.91 Å². The average Bonchev–Trinajstić information content (AvgIpc) is 2.47. The minimum Gasteiger partial charge on any atom is -0.378 e. The molecule has 3 nitrogen and oxygen atoms in total. The van der Waals surface area contributed by atoms with Crippen molar-refractivity contribution in [2.75, 3.05) is 13.2 Å². The topological polar surface area (TPSA) is 38.3 Å². The van der Waals surface area contributed by atoms with Gasteiger partial charge in [-0.3, -0.25) is 4.79 Å². The lowest BCUT2D eigenvalue weighted by Crippen LogP contribution is -2.34. The van der Waals surface area contributed by atoms with Crippen molar-refractivity contribution < 1.29 is 9.53 Å². The standard InChI is InChI=1S/C9H16ClNO2/c1-6(10)4-11-9(12)8-3-7(2)13-5-8/h6-8H,3-5H2,1-2H3,(H,11,12). The highest BCUT2D eigenvalue weighted by Gasteiger charge is 2.27. The summed E-state index contributed by atoms with van der Waals surface area (Å²) in [5.74, 6) is 0.0854. The van der Waals surface area contributed by atoms with E-state index in [2.05, 4.69) is 5.32 Å². The molecule has 1 amide bonds. The van der Waals surface area contributed by atoms with Crippen molar-refractivity contribution in [3.05, 3.63) is 0 Å². The van der Waals surface area contributed by atoms with Crippen molar-refractivity contribution >= 4 is 17.5 Å². The number of ether oxygens (including phenoxy) is 1. The van der Waals surface area contributed by atoms with Crippen LogP contribution in [0.3, 0.4) is 0 Å². The lowest BCUT2D eigenvalue weighted by atomic mass is 10.1. The fourth-order valence-corrected chi connectivity index (χ4v) is 1.46. The van der Waals surface area contributed by atoms with Crippen LogP contribution in [-0.4, -0.2) is 30.5 Å². The number of hydrogen-bond donors (Lipinski definition) is 1. The normalized spacial score (nSPS) is 30.1. The molecule has 0 aromatic carbocycles. The Morgan fingerprint density at radius 1 is 1.77 bits per heavy atom. The van der Waals surface area contributed by atoms with Gasteiger partial charge >= 0.3 is 0 Å². The zero-order valence-electron chi connectivity index (χ0n) is 8.05.